The third-order valence-corrected chi connectivity index (χ3v) is 4.57. The molecule has 0 atom stereocenters. The quantitative estimate of drug-likeness (QED) is 0.683. The summed E-state index contributed by atoms with van der Waals surface area (Å²) in [4.78, 5) is 11.1. The van der Waals surface area contributed by atoms with Crippen molar-refractivity contribution in [3.63, 3.8) is 0 Å². The van der Waals surface area contributed by atoms with E-state index < -0.39 is 10.0 Å². The summed E-state index contributed by atoms with van der Waals surface area (Å²) in [5.74, 6) is -0.216. The normalized spacial score (nSPS) is 11.3. The summed E-state index contributed by atoms with van der Waals surface area (Å²) in [6, 6.07) is 11.0. The molecule has 1 amide bonds. The summed E-state index contributed by atoms with van der Waals surface area (Å²) in [5.41, 5.74) is 1.81. The predicted molar refractivity (Wildman–Crippen MR) is 87.6 cm³/mol. The highest BCUT2D eigenvalue weighted by Crippen LogP contribution is 2.21. The van der Waals surface area contributed by atoms with Gasteiger partial charge < -0.3 is 5.32 Å². The molecular weight excluding hydrogens is 316 g/mol. The first kappa shape index (κ1) is 15.0. The highest BCUT2D eigenvalue weighted by atomic mass is 32.2. The van der Waals surface area contributed by atoms with E-state index in [2.05, 4.69) is 20.2 Å². The van der Waals surface area contributed by atoms with Crippen molar-refractivity contribution in [3.8, 4) is 0 Å². The second-order valence-electron chi connectivity index (χ2n) is 4.98. The number of carbonyl (C=O) groups excluding carboxylic acids is 1. The van der Waals surface area contributed by atoms with Gasteiger partial charge in [0.05, 0.1) is 16.6 Å². The van der Waals surface area contributed by atoms with Gasteiger partial charge in [0.25, 0.3) is 10.0 Å². The minimum atomic E-state index is -3.70. The first-order valence-corrected chi connectivity index (χ1v) is 8.26. The van der Waals surface area contributed by atoms with E-state index in [1.165, 1.54) is 31.2 Å². The van der Waals surface area contributed by atoms with Crippen molar-refractivity contribution in [3.05, 3.63) is 48.7 Å². The fourth-order valence-corrected chi connectivity index (χ4v) is 3.19. The van der Waals surface area contributed by atoms with Crippen LogP contribution in [0.2, 0.25) is 0 Å². The Hall–Kier alpha value is -2.87. The monoisotopic (exact) mass is 330 g/mol. The Morgan fingerprint density at radius 2 is 1.78 bits per heavy atom. The van der Waals surface area contributed by atoms with Crippen LogP contribution in [0, 0.1) is 0 Å². The number of hydrogen-bond donors (Lipinski definition) is 3. The molecule has 0 spiro atoms. The number of hydrogen-bond acceptors (Lipinski definition) is 4. The van der Waals surface area contributed by atoms with Crippen LogP contribution in [-0.4, -0.2) is 24.5 Å². The molecule has 0 aliphatic heterocycles. The topological polar surface area (TPSA) is 104 Å². The van der Waals surface area contributed by atoms with Gasteiger partial charge in [0, 0.05) is 23.7 Å². The summed E-state index contributed by atoms with van der Waals surface area (Å²) < 4.78 is 27.3. The highest BCUT2D eigenvalue weighted by molar-refractivity contribution is 7.92. The number of rotatable bonds is 4. The van der Waals surface area contributed by atoms with Crippen molar-refractivity contribution in [1.29, 1.82) is 0 Å². The van der Waals surface area contributed by atoms with E-state index in [9.17, 15) is 13.2 Å². The van der Waals surface area contributed by atoms with Crippen LogP contribution in [0.3, 0.4) is 0 Å². The summed E-state index contributed by atoms with van der Waals surface area (Å²) in [6.07, 6.45) is 1.62. The maximum absolute atomic E-state index is 12.4. The average Bonchev–Trinajstić information content (AvgIpc) is 2.94. The van der Waals surface area contributed by atoms with Crippen molar-refractivity contribution in [2.45, 2.75) is 11.8 Å². The molecule has 0 aliphatic rings. The zero-order valence-corrected chi connectivity index (χ0v) is 13.0. The molecule has 1 aromatic heterocycles. The van der Waals surface area contributed by atoms with Crippen molar-refractivity contribution < 1.29 is 13.2 Å². The molecule has 0 saturated heterocycles. The molecule has 7 nitrogen and oxygen atoms in total. The molecule has 0 saturated carbocycles. The van der Waals surface area contributed by atoms with Crippen LogP contribution in [0.5, 0.6) is 0 Å². The number of benzene rings is 2. The molecule has 3 rings (SSSR count). The van der Waals surface area contributed by atoms with Gasteiger partial charge in [-0.1, -0.05) is 0 Å². The largest absolute Gasteiger partial charge is 0.326 e. The third kappa shape index (κ3) is 3.32. The number of anilines is 2. The highest BCUT2D eigenvalue weighted by Gasteiger charge is 2.14. The lowest BCUT2D eigenvalue weighted by Gasteiger charge is -2.09. The third-order valence-electron chi connectivity index (χ3n) is 3.18. The van der Waals surface area contributed by atoms with E-state index in [0.29, 0.717) is 11.4 Å². The number of nitrogens with one attached hydrogen (secondary N) is 3. The molecule has 0 unspecified atom stereocenters. The fraction of sp³-hybridized carbons (Fsp3) is 0.0667. The Labute approximate surface area is 132 Å². The molecule has 0 aliphatic carbocycles. The molecule has 0 fully saturated rings. The van der Waals surface area contributed by atoms with Gasteiger partial charge in [-0.25, -0.2) is 8.42 Å². The molecule has 3 N–H and O–H groups in total. The maximum atomic E-state index is 12.4. The zero-order valence-electron chi connectivity index (χ0n) is 12.2. The molecule has 0 radical (unpaired) electrons. The lowest BCUT2D eigenvalue weighted by molar-refractivity contribution is -0.114. The second-order valence-corrected chi connectivity index (χ2v) is 6.67. The molecule has 1 heterocycles. The van der Waals surface area contributed by atoms with Gasteiger partial charge in [0.1, 0.15) is 0 Å². The number of carbonyl (C=O) groups is 1. The molecule has 2 aromatic carbocycles. The average molecular weight is 330 g/mol. The Morgan fingerprint density at radius 3 is 2.48 bits per heavy atom. The lowest BCUT2D eigenvalue weighted by atomic mass is 10.2. The Kier molecular flexibility index (Phi) is 3.75. The Balaban J connectivity index is 1.84. The van der Waals surface area contributed by atoms with Crippen LogP contribution in [0.15, 0.2) is 53.6 Å². The molecule has 3 aromatic rings. The van der Waals surface area contributed by atoms with Crippen molar-refractivity contribution in [2.24, 2.45) is 0 Å². The number of aromatic nitrogens is 2. The number of fused-ring (bicyclic) bond motifs is 1. The molecule has 23 heavy (non-hydrogen) atoms. The standard InChI is InChI=1S/C15H14N4O3S/c1-10(20)17-12-2-5-14(6-3-12)23(21,22)19-13-4-7-15-11(8-13)9-16-18-15/h2-9,19H,1H3,(H,16,18)(H,17,20). The van der Waals surface area contributed by atoms with Crippen LogP contribution in [0.1, 0.15) is 6.92 Å². The van der Waals surface area contributed by atoms with Crippen LogP contribution in [0.25, 0.3) is 10.9 Å². The van der Waals surface area contributed by atoms with Gasteiger partial charge in [0.15, 0.2) is 0 Å². The smallest absolute Gasteiger partial charge is 0.261 e. The SMILES string of the molecule is CC(=O)Nc1ccc(S(=O)(=O)Nc2ccc3[nH]ncc3c2)cc1. The van der Waals surface area contributed by atoms with Gasteiger partial charge in [-0.05, 0) is 42.5 Å². The van der Waals surface area contributed by atoms with E-state index in [4.69, 9.17) is 0 Å². The lowest BCUT2D eigenvalue weighted by Crippen LogP contribution is -2.13. The summed E-state index contributed by atoms with van der Waals surface area (Å²) in [7, 11) is -3.70. The van der Waals surface area contributed by atoms with Crippen LogP contribution >= 0.6 is 0 Å². The van der Waals surface area contributed by atoms with E-state index in [0.717, 1.165) is 10.9 Å². The molecule has 8 heteroatoms. The first-order valence-electron chi connectivity index (χ1n) is 6.78. The summed E-state index contributed by atoms with van der Waals surface area (Å²) in [5, 5.41) is 10.1. The Bertz CT molecular complexity index is 962. The maximum Gasteiger partial charge on any atom is 0.261 e. The van der Waals surface area contributed by atoms with Gasteiger partial charge in [0.2, 0.25) is 5.91 Å². The van der Waals surface area contributed by atoms with E-state index in [-0.39, 0.29) is 10.8 Å². The predicted octanol–water partition coefficient (Wildman–Crippen LogP) is 2.32. The summed E-state index contributed by atoms with van der Waals surface area (Å²) >= 11 is 0. The van der Waals surface area contributed by atoms with E-state index >= 15 is 0 Å². The van der Waals surface area contributed by atoms with Crippen LogP contribution < -0.4 is 10.0 Å². The molecule has 118 valence electrons. The molecular formula is C15H14N4O3S. The zero-order chi connectivity index (χ0) is 16.4. The number of nitrogens with zero attached hydrogens (tertiary/aromatic N) is 1. The van der Waals surface area contributed by atoms with Gasteiger partial charge in [-0.2, -0.15) is 5.10 Å². The minimum Gasteiger partial charge on any atom is -0.326 e. The molecule has 0 bridgehead atoms. The fourth-order valence-electron chi connectivity index (χ4n) is 2.14. The van der Waals surface area contributed by atoms with Crippen LogP contribution in [-0.2, 0) is 14.8 Å². The van der Waals surface area contributed by atoms with Crippen LogP contribution in [0.4, 0.5) is 11.4 Å². The number of amides is 1. The Morgan fingerprint density at radius 1 is 1.09 bits per heavy atom. The van der Waals surface area contributed by atoms with Crippen molar-refractivity contribution in [1.82, 2.24) is 10.2 Å². The van der Waals surface area contributed by atoms with Gasteiger partial charge >= 0.3 is 0 Å². The minimum absolute atomic E-state index is 0.110. The van der Waals surface area contributed by atoms with Crippen molar-refractivity contribution >= 4 is 38.2 Å². The number of aromatic amines is 1. The van der Waals surface area contributed by atoms with E-state index in [1.807, 2.05) is 0 Å². The summed E-state index contributed by atoms with van der Waals surface area (Å²) in [6.45, 7) is 1.39. The number of H-pyrrole nitrogens is 1. The van der Waals surface area contributed by atoms with Gasteiger partial charge in [-0.3, -0.25) is 14.6 Å². The van der Waals surface area contributed by atoms with Crippen molar-refractivity contribution in [2.75, 3.05) is 10.0 Å². The van der Waals surface area contributed by atoms with E-state index in [1.54, 1.807) is 24.4 Å². The number of sulfonamides is 1. The van der Waals surface area contributed by atoms with Gasteiger partial charge in [-0.15, -0.1) is 0 Å². The second kappa shape index (κ2) is 5.73. The first-order chi connectivity index (χ1) is 10.9.